The predicted octanol–water partition coefficient (Wildman–Crippen LogP) is 3.83. The summed E-state index contributed by atoms with van der Waals surface area (Å²) in [5.74, 6) is 1.02. The Balaban J connectivity index is 1.61. The highest BCUT2D eigenvalue weighted by Crippen LogP contribution is 2.20. The quantitative estimate of drug-likeness (QED) is 0.581. The number of thiophene rings is 1. The Morgan fingerprint density at radius 3 is 2.67 bits per heavy atom. The molecule has 27 heavy (non-hydrogen) atoms. The Labute approximate surface area is 163 Å². The fourth-order valence-corrected chi connectivity index (χ4v) is 4.28. The van der Waals surface area contributed by atoms with Crippen LogP contribution in [0, 0.1) is 0 Å². The molecule has 7 nitrogen and oxygen atoms in total. The number of nitrogens with zero attached hydrogens (tertiary/aromatic N) is 3. The number of sulfonamides is 1. The van der Waals surface area contributed by atoms with Gasteiger partial charge in [0.2, 0.25) is 21.7 Å². The minimum Gasteiger partial charge on any atom is -0.376 e. The molecule has 0 aliphatic rings. The molecule has 0 bridgehead atoms. The van der Waals surface area contributed by atoms with Gasteiger partial charge in [-0.3, -0.25) is 0 Å². The van der Waals surface area contributed by atoms with Crippen molar-refractivity contribution in [2.75, 3.05) is 18.9 Å². The summed E-state index contributed by atoms with van der Waals surface area (Å²) in [6.45, 7) is 2.91. The third-order valence-corrected chi connectivity index (χ3v) is 6.63. The maximum Gasteiger partial charge on any atom is 0.246 e. The van der Waals surface area contributed by atoms with E-state index in [1.807, 2.05) is 23.8 Å². The van der Waals surface area contributed by atoms with Gasteiger partial charge in [0, 0.05) is 30.2 Å². The van der Waals surface area contributed by atoms with Gasteiger partial charge in [0.25, 0.3) is 0 Å². The summed E-state index contributed by atoms with van der Waals surface area (Å²) in [7, 11) is -1.84. The zero-order valence-electron chi connectivity index (χ0n) is 15.3. The molecular weight excluding hydrogens is 384 g/mol. The number of hydrogen-bond acceptors (Lipinski definition) is 7. The van der Waals surface area contributed by atoms with Gasteiger partial charge in [-0.1, -0.05) is 18.5 Å². The van der Waals surface area contributed by atoms with E-state index in [4.69, 9.17) is 4.52 Å². The minimum absolute atomic E-state index is 0.282. The van der Waals surface area contributed by atoms with Crippen molar-refractivity contribution in [3.8, 4) is 11.4 Å². The molecule has 0 saturated heterocycles. The van der Waals surface area contributed by atoms with Gasteiger partial charge >= 0.3 is 0 Å². The minimum atomic E-state index is -3.45. The number of nitrogens with one attached hydrogen (secondary N) is 1. The standard InChI is InChI=1S/C18H22N4O3S2/c1-3-4-10-22(2)27(23,24)16-7-5-15(6-8-16)19-12-17-20-18(21-25-17)14-9-11-26-13-14/h5-9,11,13,19H,3-4,10,12H2,1-2H3. The third-order valence-electron chi connectivity index (χ3n) is 4.08. The fourth-order valence-electron chi connectivity index (χ4n) is 2.44. The number of rotatable bonds is 9. The predicted molar refractivity (Wildman–Crippen MR) is 106 cm³/mol. The largest absolute Gasteiger partial charge is 0.376 e. The molecular formula is C18H22N4O3S2. The summed E-state index contributed by atoms with van der Waals surface area (Å²) in [4.78, 5) is 4.62. The van der Waals surface area contributed by atoms with Gasteiger partial charge in [-0.15, -0.1) is 0 Å². The van der Waals surface area contributed by atoms with E-state index >= 15 is 0 Å². The van der Waals surface area contributed by atoms with E-state index in [1.54, 1.807) is 42.6 Å². The lowest BCUT2D eigenvalue weighted by molar-refractivity contribution is 0.384. The van der Waals surface area contributed by atoms with Crippen LogP contribution in [0.2, 0.25) is 0 Å². The fraction of sp³-hybridized carbons (Fsp3) is 0.333. The van der Waals surface area contributed by atoms with Gasteiger partial charge in [0.1, 0.15) is 0 Å². The molecule has 0 saturated carbocycles. The SMILES string of the molecule is CCCCN(C)S(=O)(=O)c1ccc(NCc2nc(-c3ccsc3)no2)cc1. The number of anilines is 1. The normalized spacial score (nSPS) is 11.8. The molecule has 0 spiro atoms. The summed E-state index contributed by atoms with van der Waals surface area (Å²) in [6.07, 6.45) is 1.79. The van der Waals surface area contributed by atoms with Gasteiger partial charge in [-0.25, -0.2) is 12.7 Å². The molecule has 2 aromatic heterocycles. The summed E-state index contributed by atoms with van der Waals surface area (Å²) in [5.41, 5.74) is 1.71. The molecule has 144 valence electrons. The molecule has 0 unspecified atom stereocenters. The van der Waals surface area contributed by atoms with Crippen molar-refractivity contribution in [2.24, 2.45) is 0 Å². The van der Waals surface area contributed by atoms with Crippen LogP contribution in [0.25, 0.3) is 11.4 Å². The molecule has 0 aliphatic carbocycles. The van der Waals surface area contributed by atoms with Crippen molar-refractivity contribution in [1.82, 2.24) is 14.4 Å². The average Bonchev–Trinajstić information content (AvgIpc) is 3.36. The molecule has 0 aliphatic heterocycles. The van der Waals surface area contributed by atoms with E-state index < -0.39 is 10.0 Å². The van der Waals surface area contributed by atoms with Crippen LogP contribution >= 0.6 is 11.3 Å². The molecule has 0 amide bonds. The first-order valence-corrected chi connectivity index (χ1v) is 11.0. The second kappa shape index (κ2) is 8.64. The molecule has 3 rings (SSSR count). The number of hydrogen-bond donors (Lipinski definition) is 1. The van der Waals surface area contributed by atoms with Crippen LogP contribution in [0.3, 0.4) is 0 Å². The highest BCUT2D eigenvalue weighted by Gasteiger charge is 2.19. The summed E-state index contributed by atoms with van der Waals surface area (Å²) in [6, 6.07) is 8.60. The van der Waals surface area contributed by atoms with E-state index in [2.05, 4.69) is 15.5 Å². The van der Waals surface area contributed by atoms with E-state index in [0.29, 0.717) is 24.8 Å². The lowest BCUT2D eigenvalue weighted by Gasteiger charge is -2.17. The lowest BCUT2D eigenvalue weighted by atomic mass is 10.3. The highest BCUT2D eigenvalue weighted by molar-refractivity contribution is 7.89. The zero-order chi connectivity index (χ0) is 19.3. The highest BCUT2D eigenvalue weighted by atomic mass is 32.2. The Hall–Kier alpha value is -2.23. The monoisotopic (exact) mass is 406 g/mol. The van der Waals surface area contributed by atoms with Crippen LogP contribution in [-0.4, -0.2) is 36.5 Å². The summed E-state index contributed by atoms with van der Waals surface area (Å²) >= 11 is 1.57. The van der Waals surface area contributed by atoms with E-state index in [0.717, 1.165) is 24.1 Å². The smallest absolute Gasteiger partial charge is 0.246 e. The average molecular weight is 407 g/mol. The molecule has 2 heterocycles. The van der Waals surface area contributed by atoms with Crippen LogP contribution in [0.15, 0.2) is 50.5 Å². The molecule has 3 aromatic rings. The first kappa shape index (κ1) is 19.5. The number of unbranched alkanes of at least 4 members (excludes halogenated alkanes) is 1. The topological polar surface area (TPSA) is 88.3 Å². The van der Waals surface area contributed by atoms with E-state index in [9.17, 15) is 8.42 Å². The molecule has 1 aromatic carbocycles. The first-order chi connectivity index (χ1) is 13.0. The molecule has 0 fully saturated rings. The second-order valence-corrected chi connectivity index (χ2v) is 8.91. The first-order valence-electron chi connectivity index (χ1n) is 8.66. The van der Waals surface area contributed by atoms with Crippen molar-refractivity contribution in [3.63, 3.8) is 0 Å². The number of benzene rings is 1. The van der Waals surface area contributed by atoms with Crippen LogP contribution in [0.5, 0.6) is 0 Å². The third kappa shape index (κ3) is 4.74. The van der Waals surface area contributed by atoms with Crippen LogP contribution in [0.4, 0.5) is 5.69 Å². The lowest BCUT2D eigenvalue weighted by Crippen LogP contribution is -2.27. The Kier molecular flexibility index (Phi) is 6.25. The molecule has 0 radical (unpaired) electrons. The van der Waals surface area contributed by atoms with Crippen LogP contribution in [-0.2, 0) is 16.6 Å². The van der Waals surface area contributed by atoms with Gasteiger partial charge in [-0.2, -0.15) is 16.3 Å². The van der Waals surface area contributed by atoms with Crippen molar-refractivity contribution in [3.05, 3.63) is 47.0 Å². The van der Waals surface area contributed by atoms with Gasteiger partial charge in [0.05, 0.1) is 11.4 Å². The summed E-state index contributed by atoms with van der Waals surface area (Å²) < 4.78 is 31.7. The van der Waals surface area contributed by atoms with Crippen LogP contribution < -0.4 is 5.32 Å². The van der Waals surface area contributed by atoms with Gasteiger partial charge in [-0.05, 0) is 42.1 Å². The molecule has 1 N–H and O–H groups in total. The van der Waals surface area contributed by atoms with Crippen LogP contribution in [0.1, 0.15) is 25.7 Å². The van der Waals surface area contributed by atoms with E-state index in [-0.39, 0.29) is 4.90 Å². The second-order valence-electron chi connectivity index (χ2n) is 6.08. The Morgan fingerprint density at radius 1 is 1.22 bits per heavy atom. The van der Waals surface area contributed by atoms with Gasteiger partial charge < -0.3 is 9.84 Å². The molecule has 0 atom stereocenters. The van der Waals surface area contributed by atoms with Crippen molar-refractivity contribution < 1.29 is 12.9 Å². The Bertz CT molecular complexity index is 951. The zero-order valence-corrected chi connectivity index (χ0v) is 16.9. The maximum absolute atomic E-state index is 12.5. The van der Waals surface area contributed by atoms with Crippen molar-refractivity contribution in [1.29, 1.82) is 0 Å². The Morgan fingerprint density at radius 2 is 2.00 bits per heavy atom. The van der Waals surface area contributed by atoms with Crippen molar-refractivity contribution in [2.45, 2.75) is 31.2 Å². The van der Waals surface area contributed by atoms with E-state index in [1.165, 1.54) is 4.31 Å². The number of aromatic nitrogens is 2. The molecule has 9 heteroatoms. The van der Waals surface area contributed by atoms with Crippen molar-refractivity contribution >= 4 is 27.0 Å². The maximum atomic E-state index is 12.5. The van der Waals surface area contributed by atoms with Gasteiger partial charge in [0.15, 0.2) is 0 Å². The summed E-state index contributed by atoms with van der Waals surface area (Å²) in [5, 5.41) is 11.0.